The SMILES string of the molecule is Cc1nc2c(c(=O)n1CCOC1CCC(Cl)CC1C1CC(C)NC3C(C(=O)O)CSC13)C[C@H](N1CC[C@@H](F)C1)CC2. The molecular formula is C30H44ClFN4O4S. The molecule has 0 bridgehead atoms. The van der Waals surface area contributed by atoms with Crippen molar-refractivity contribution in [3.8, 4) is 0 Å². The highest BCUT2D eigenvalue weighted by molar-refractivity contribution is 8.00. The Morgan fingerprint density at radius 2 is 2.07 bits per heavy atom. The van der Waals surface area contributed by atoms with Crippen molar-refractivity contribution in [2.45, 2.75) is 113 Å². The zero-order valence-electron chi connectivity index (χ0n) is 24.1. The van der Waals surface area contributed by atoms with Gasteiger partial charge in [-0.15, -0.1) is 11.6 Å². The molecule has 6 rings (SSSR count). The lowest BCUT2D eigenvalue weighted by Crippen LogP contribution is -2.57. The quantitative estimate of drug-likeness (QED) is 0.454. The summed E-state index contributed by atoms with van der Waals surface area (Å²) in [5.74, 6) is 0.902. The van der Waals surface area contributed by atoms with E-state index in [2.05, 4.69) is 17.1 Å². The summed E-state index contributed by atoms with van der Waals surface area (Å²) in [5.41, 5.74) is 1.71. The molecule has 8 nitrogen and oxygen atoms in total. The molecule has 5 aliphatic rings. The minimum absolute atomic E-state index is 0.0226. The van der Waals surface area contributed by atoms with E-state index in [4.69, 9.17) is 21.3 Å². The molecule has 8 unspecified atom stereocenters. The average Bonchev–Trinajstić information content (AvgIpc) is 3.57. The molecule has 0 amide bonds. The number of halogens is 2. The van der Waals surface area contributed by atoms with Crippen LogP contribution in [-0.2, 0) is 28.9 Å². The highest BCUT2D eigenvalue weighted by Gasteiger charge is 2.51. The molecule has 0 spiro atoms. The van der Waals surface area contributed by atoms with Crippen molar-refractivity contribution >= 4 is 29.3 Å². The van der Waals surface area contributed by atoms with Gasteiger partial charge in [-0.1, -0.05) is 0 Å². The highest BCUT2D eigenvalue weighted by Crippen LogP contribution is 2.48. The Morgan fingerprint density at radius 1 is 1.24 bits per heavy atom. The maximum atomic E-state index is 13.8. The first-order valence-electron chi connectivity index (χ1n) is 15.5. The van der Waals surface area contributed by atoms with E-state index in [1.807, 2.05) is 6.92 Å². The number of hydrogen-bond acceptors (Lipinski definition) is 7. The topological polar surface area (TPSA) is 96.7 Å². The molecule has 228 valence electrons. The van der Waals surface area contributed by atoms with Crippen molar-refractivity contribution in [2.24, 2.45) is 17.8 Å². The van der Waals surface area contributed by atoms with Crippen LogP contribution in [0.5, 0.6) is 0 Å². The fourth-order valence-corrected chi connectivity index (χ4v) is 10.5. The summed E-state index contributed by atoms with van der Waals surface area (Å²) in [6.07, 6.45) is 5.84. The minimum Gasteiger partial charge on any atom is -0.481 e. The van der Waals surface area contributed by atoms with Crippen molar-refractivity contribution < 1.29 is 19.0 Å². The third kappa shape index (κ3) is 6.10. The van der Waals surface area contributed by atoms with Crippen LogP contribution in [-0.4, -0.2) is 92.0 Å². The van der Waals surface area contributed by atoms with Gasteiger partial charge in [0.05, 0.1) is 30.9 Å². The Balaban J connectivity index is 1.14. The Hall–Kier alpha value is -1.20. The first-order chi connectivity index (χ1) is 19.7. The first-order valence-corrected chi connectivity index (χ1v) is 17.0. The zero-order valence-corrected chi connectivity index (χ0v) is 25.7. The van der Waals surface area contributed by atoms with E-state index in [-0.39, 0.29) is 52.3 Å². The number of hydrogen-bond donors (Lipinski definition) is 2. The van der Waals surface area contributed by atoms with Crippen LogP contribution in [0.15, 0.2) is 4.79 Å². The van der Waals surface area contributed by atoms with E-state index in [0.717, 1.165) is 62.2 Å². The van der Waals surface area contributed by atoms with Gasteiger partial charge in [-0.2, -0.15) is 11.8 Å². The predicted molar refractivity (Wildman–Crippen MR) is 159 cm³/mol. The molecule has 3 saturated heterocycles. The Morgan fingerprint density at radius 3 is 2.83 bits per heavy atom. The number of aliphatic carboxylic acids is 1. The lowest BCUT2D eigenvalue weighted by molar-refractivity contribution is -0.142. The summed E-state index contributed by atoms with van der Waals surface area (Å²) < 4.78 is 22.2. The molecule has 10 atom stereocenters. The number of aryl methyl sites for hydroxylation is 2. The Bertz CT molecular complexity index is 1190. The number of alkyl halides is 2. The smallest absolute Gasteiger partial charge is 0.308 e. The van der Waals surface area contributed by atoms with Crippen LogP contribution in [0.4, 0.5) is 4.39 Å². The Labute approximate surface area is 251 Å². The number of piperidine rings is 1. The molecule has 41 heavy (non-hydrogen) atoms. The van der Waals surface area contributed by atoms with Crippen LogP contribution < -0.4 is 10.9 Å². The van der Waals surface area contributed by atoms with Crippen LogP contribution in [0.25, 0.3) is 0 Å². The molecular weight excluding hydrogens is 567 g/mol. The second-order valence-electron chi connectivity index (χ2n) is 13.0. The third-order valence-corrected chi connectivity index (χ3v) is 12.4. The van der Waals surface area contributed by atoms with Crippen LogP contribution >= 0.6 is 23.4 Å². The molecule has 2 N–H and O–H groups in total. The number of likely N-dealkylation sites (tertiary alicyclic amines) is 1. The maximum absolute atomic E-state index is 13.8. The monoisotopic (exact) mass is 610 g/mol. The average molecular weight is 611 g/mol. The van der Waals surface area contributed by atoms with Crippen molar-refractivity contribution in [3.05, 3.63) is 27.4 Å². The summed E-state index contributed by atoms with van der Waals surface area (Å²) in [6, 6.07) is 0.439. The maximum Gasteiger partial charge on any atom is 0.308 e. The standard InChI is InChI=1S/C30H44ClFN4O4S/c1-16-11-22(28-27(33-16)24(15-41-28)30(38)39)21-12-18(31)3-6-26(21)40-10-9-36-17(2)34-25-5-4-20(13-23(25)29(36)37)35-8-7-19(32)14-35/h16,18-22,24,26-28,33H,3-15H2,1-2H3,(H,38,39)/t16?,18?,19-,20-,21?,22?,24?,26?,27?,28?/m1/s1. The number of nitrogens with zero attached hydrogens (tertiary/aromatic N) is 3. The zero-order chi connectivity index (χ0) is 28.8. The van der Waals surface area contributed by atoms with Gasteiger partial charge < -0.3 is 15.2 Å². The summed E-state index contributed by atoms with van der Waals surface area (Å²) in [6.45, 7) is 6.17. The minimum atomic E-state index is -0.760. The molecule has 1 aromatic rings. The molecule has 1 aromatic heterocycles. The van der Waals surface area contributed by atoms with Crippen molar-refractivity contribution in [1.82, 2.24) is 19.8 Å². The summed E-state index contributed by atoms with van der Waals surface area (Å²) in [5, 5.41) is 13.7. The number of nitrogens with one attached hydrogen (secondary N) is 1. The van der Waals surface area contributed by atoms with Crippen molar-refractivity contribution in [1.29, 1.82) is 0 Å². The van der Waals surface area contributed by atoms with E-state index < -0.39 is 12.1 Å². The number of aromatic nitrogens is 2. The van der Waals surface area contributed by atoms with Gasteiger partial charge in [0.2, 0.25) is 0 Å². The van der Waals surface area contributed by atoms with Gasteiger partial charge in [0.15, 0.2) is 0 Å². The van der Waals surface area contributed by atoms with Crippen LogP contribution in [0.1, 0.15) is 62.5 Å². The fraction of sp³-hybridized carbons (Fsp3) is 0.833. The summed E-state index contributed by atoms with van der Waals surface area (Å²) >= 11 is 8.51. The predicted octanol–water partition coefficient (Wildman–Crippen LogP) is 3.43. The van der Waals surface area contributed by atoms with Crippen molar-refractivity contribution in [2.75, 3.05) is 25.4 Å². The number of rotatable bonds is 7. The molecule has 4 heterocycles. The molecule has 1 saturated carbocycles. The van der Waals surface area contributed by atoms with E-state index in [1.54, 1.807) is 16.3 Å². The van der Waals surface area contributed by atoms with Crippen LogP contribution in [0.2, 0.25) is 0 Å². The molecule has 11 heteroatoms. The largest absolute Gasteiger partial charge is 0.481 e. The molecule has 4 fully saturated rings. The first kappa shape index (κ1) is 29.9. The summed E-state index contributed by atoms with van der Waals surface area (Å²) in [4.78, 5) is 32.6. The number of carboxylic acid groups (broad SMARTS) is 1. The Kier molecular flexibility index (Phi) is 9.05. The number of carbonyl (C=O) groups is 1. The second kappa shape index (κ2) is 12.4. The second-order valence-corrected chi connectivity index (χ2v) is 14.9. The highest BCUT2D eigenvalue weighted by atomic mass is 35.5. The van der Waals surface area contributed by atoms with Gasteiger partial charge in [0.25, 0.3) is 5.56 Å². The lowest BCUT2D eigenvalue weighted by Gasteiger charge is -2.47. The van der Waals surface area contributed by atoms with E-state index in [0.29, 0.717) is 44.2 Å². The van der Waals surface area contributed by atoms with E-state index >= 15 is 0 Å². The van der Waals surface area contributed by atoms with Gasteiger partial charge in [0, 0.05) is 53.2 Å². The molecule has 0 aromatic carbocycles. The molecule has 3 aliphatic heterocycles. The number of ether oxygens (including phenoxy) is 1. The normalized spacial score (nSPS) is 39.4. The number of carboxylic acids is 1. The van der Waals surface area contributed by atoms with E-state index in [9.17, 15) is 19.1 Å². The van der Waals surface area contributed by atoms with E-state index in [1.165, 1.54) is 0 Å². The third-order valence-electron chi connectivity index (χ3n) is 10.4. The van der Waals surface area contributed by atoms with Gasteiger partial charge in [-0.05, 0) is 77.0 Å². The van der Waals surface area contributed by atoms with Crippen LogP contribution in [0, 0.1) is 24.7 Å². The van der Waals surface area contributed by atoms with Crippen molar-refractivity contribution in [3.63, 3.8) is 0 Å². The van der Waals surface area contributed by atoms with Gasteiger partial charge in [-0.25, -0.2) is 9.37 Å². The van der Waals surface area contributed by atoms with Gasteiger partial charge in [0.1, 0.15) is 12.0 Å². The van der Waals surface area contributed by atoms with Gasteiger partial charge in [-0.3, -0.25) is 19.1 Å². The number of thioether (sulfide) groups is 1. The van der Waals surface area contributed by atoms with Gasteiger partial charge >= 0.3 is 5.97 Å². The fourth-order valence-electron chi connectivity index (χ4n) is 8.37. The lowest BCUT2D eigenvalue weighted by atomic mass is 9.70. The number of fused-ring (bicyclic) bond motifs is 2. The molecule has 2 aliphatic carbocycles. The molecule has 0 radical (unpaired) electrons. The van der Waals surface area contributed by atoms with Crippen LogP contribution in [0.3, 0.4) is 0 Å². The summed E-state index contributed by atoms with van der Waals surface area (Å²) in [7, 11) is 0.